The molecule has 76 valence electrons. The van der Waals surface area contributed by atoms with Gasteiger partial charge in [-0.25, -0.2) is 4.79 Å². The number of carboxylic acid groups (broad SMARTS) is 1. The second kappa shape index (κ2) is 3.37. The van der Waals surface area contributed by atoms with E-state index in [1.54, 1.807) is 11.3 Å². The third-order valence-corrected chi connectivity index (χ3v) is 3.38. The molecule has 4 heteroatoms. The molecule has 2 unspecified atom stereocenters. The molecule has 1 fully saturated rings. The molecule has 0 aliphatic carbocycles. The predicted octanol–water partition coefficient (Wildman–Crippen LogP) is 2.23. The van der Waals surface area contributed by atoms with Crippen LogP contribution in [0.25, 0.3) is 0 Å². The van der Waals surface area contributed by atoms with Gasteiger partial charge in [-0.3, -0.25) is 0 Å². The maximum Gasteiger partial charge on any atom is 0.332 e. The van der Waals surface area contributed by atoms with E-state index in [0.717, 1.165) is 12.0 Å². The van der Waals surface area contributed by atoms with E-state index in [1.165, 1.54) is 0 Å². The van der Waals surface area contributed by atoms with E-state index >= 15 is 0 Å². The summed E-state index contributed by atoms with van der Waals surface area (Å²) in [6.45, 7) is 1.96. The van der Waals surface area contributed by atoms with Gasteiger partial charge in [0.15, 0.2) is 6.10 Å². The number of hydrogen-bond donors (Lipinski definition) is 1. The highest BCUT2D eigenvalue weighted by atomic mass is 32.1. The molecule has 0 spiro atoms. The first-order valence-electron chi connectivity index (χ1n) is 4.55. The van der Waals surface area contributed by atoms with Crippen molar-refractivity contribution in [3.63, 3.8) is 0 Å². The van der Waals surface area contributed by atoms with Crippen LogP contribution in [0.2, 0.25) is 0 Å². The minimum atomic E-state index is -0.857. The zero-order valence-electron chi connectivity index (χ0n) is 7.90. The van der Waals surface area contributed by atoms with Crippen LogP contribution in [-0.4, -0.2) is 17.2 Å². The van der Waals surface area contributed by atoms with Crippen molar-refractivity contribution in [3.8, 4) is 0 Å². The molecule has 2 heterocycles. The number of carboxylic acids is 1. The molecule has 0 amide bonds. The van der Waals surface area contributed by atoms with Crippen LogP contribution in [0.4, 0.5) is 0 Å². The summed E-state index contributed by atoms with van der Waals surface area (Å²) in [4.78, 5) is 10.7. The third kappa shape index (κ3) is 1.55. The average Bonchev–Trinajstić information content (AvgIpc) is 2.71. The Morgan fingerprint density at radius 2 is 2.57 bits per heavy atom. The molecule has 1 aliphatic rings. The zero-order valence-corrected chi connectivity index (χ0v) is 8.71. The monoisotopic (exact) mass is 212 g/mol. The quantitative estimate of drug-likeness (QED) is 0.817. The van der Waals surface area contributed by atoms with Crippen LogP contribution in [0.15, 0.2) is 16.8 Å². The van der Waals surface area contributed by atoms with Gasteiger partial charge in [-0.15, -0.1) is 0 Å². The van der Waals surface area contributed by atoms with Gasteiger partial charge in [-0.05, 0) is 42.2 Å². The van der Waals surface area contributed by atoms with Crippen LogP contribution >= 0.6 is 11.3 Å². The van der Waals surface area contributed by atoms with E-state index in [9.17, 15) is 4.79 Å². The molecule has 1 aliphatic heterocycles. The zero-order chi connectivity index (χ0) is 10.2. The van der Waals surface area contributed by atoms with E-state index in [2.05, 4.69) is 0 Å². The first-order valence-corrected chi connectivity index (χ1v) is 5.49. The van der Waals surface area contributed by atoms with Crippen molar-refractivity contribution in [2.24, 2.45) is 0 Å². The van der Waals surface area contributed by atoms with Crippen LogP contribution in [-0.2, 0) is 15.1 Å². The molecule has 0 radical (unpaired) electrons. The Morgan fingerprint density at radius 1 is 1.79 bits per heavy atom. The Morgan fingerprint density at radius 3 is 3.07 bits per heavy atom. The summed E-state index contributed by atoms with van der Waals surface area (Å²) in [6.07, 6.45) is 0.738. The Bertz CT molecular complexity index is 333. The van der Waals surface area contributed by atoms with Gasteiger partial charge in [-0.2, -0.15) is 11.3 Å². The van der Waals surface area contributed by atoms with Gasteiger partial charge in [0.25, 0.3) is 0 Å². The molecular weight excluding hydrogens is 200 g/mol. The van der Waals surface area contributed by atoms with Crippen molar-refractivity contribution in [3.05, 3.63) is 22.4 Å². The minimum absolute atomic E-state index is 0.400. The van der Waals surface area contributed by atoms with Gasteiger partial charge < -0.3 is 9.84 Å². The first-order chi connectivity index (χ1) is 6.62. The van der Waals surface area contributed by atoms with Crippen LogP contribution in [0.1, 0.15) is 25.3 Å². The lowest BCUT2D eigenvalue weighted by molar-refractivity contribution is -0.154. The number of thiophene rings is 1. The number of aliphatic carboxylic acids is 1. The summed E-state index contributed by atoms with van der Waals surface area (Å²) >= 11 is 1.61. The number of ether oxygens (including phenoxy) is 1. The van der Waals surface area contributed by atoms with E-state index in [-0.39, 0.29) is 0 Å². The van der Waals surface area contributed by atoms with Crippen molar-refractivity contribution in [2.45, 2.75) is 31.5 Å². The fraction of sp³-hybridized carbons (Fsp3) is 0.500. The van der Waals surface area contributed by atoms with Crippen LogP contribution in [0.5, 0.6) is 0 Å². The van der Waals surface area contributed by atoms with Gasteiger partial charge in [0, 0.05) is 0 Å². The van der Waals surface area contributed by atoms with Gasteiger partial charge >= 0.3 is 5.97 Å². The topological polar surface area (TPSA) is 46.5 Å². The van der Waals surface area contributed by atoms with Crippen LogP contribution in [0.3, 0.4) is 0 Å². The van der Waals surface area contributed by atoms with Crippen molar-refractivity contribution < 1.29 is 14.6 Å². The smallest absolute Gasteiger partial charge is 0.332 e. The average molecular weight is 212 g/mol. The molecule has 2 rings (SSSR count). The summed E-state index contributed by atoms with van der Waals surface area (Å²) in [7, 11) is 0. The number of hydrogen-bond acceptors (Lipinski definition) is 3. The third-order valence-electron chi connectivity index (χ3n) is 2.69. The lowest BCUT2D eigenvalue weighted by atomic mass is 9.95. The second-order valence-electron chi connectivity index (χ2n) is 3.73. The fourth-order valence-corrected chi connectivity index (χ4v) is 2.57. The standard InChI is InChI=1S/C10H12O3S/c1-10(7-3-5-14-6-7)4-2-8(13-10)9(11)12/h3,5-6,8H,2,4H2,1H3,(H,11,12). The molecule has 1 aromatic rings. The molecular formula is C10H12O3S. The molecule has 1 saturated heterocycles. The maximum atomic E-state index is 10.7. The first kappa shape index (κ1) is 9.68. The summed E-state index contributed by atoms with van der Waals surface area (Å²) in [6, 6.07) is 1.99. The van der Waals surface area contributed by atoms with E-state index < -0.39 is 17.7 Å². The van der Waals surface area contributed by atoms with Crippen molar-refractivity contribution >= 4 is 17.3 Å². The molecule has 1 aromatic heterocycles. The molecule has 2 atom stereocenters. The van der Waals surface area contributed by atoms with Gasteiger partial charge in [0.2, 0.25) is 0 Å². The predicted molar refractivity (Wildman–Crippen MR) is 53.4 cm³/mol. The summed E-state index contributed by atoms with van der Waals surface area (Å²) in [5, 5.41) is 12.8. The molecule has 1 N–H and O–H groups in total. The lowest BCUT2D eigenvalue weighted by Gasteiger charge is -2.22. The number of carbonyl (C=O) groups is 1. The molecule has 0 saturated carbocycles. The molecule has 14 heavy (non-hydrogen) atoms. The molecule has 3 nitrogen and oxygen atoms in total. The van der Waals surface area contributed by atoms with Gasteiger partial charge in [0.1, 0.15) is 0 Å². The second-order valence-corrected chi connectivity index (χ2v) is 4.51. The highest BCUT2D eigenvalue weighted by Crippen LogP contribution is 2.39. The van der Waals surface area contributed by atoms with E-state index in [4.69, 9.17) is 9.84 Å². The Labute approximate surface area is 86.3 Å². The van der Waals surface area contributed by atoms with E-state index in [1.807, 2.05) is 23.8 Å². The highest BCUT2D eigenvalue weighted by molar-refractivity contribution is 7.08. The summed E-state index contributed by atoms with van der Waals surface area (Å²) in [5.74, 6) is -0.857. The molecule has 0 aromatic carbocycles. The normalized spacial score (nSPS) is 31.9. The largest absolute Gasteiger partial charge is 0.479 e. The fourth-order valence-electron chi connectivity index (χ4n) is 1.79. The van der Waals surface area contributed by atoms with Gasteiger partial charge in [0.05, 0.1) is 5.60 Å². The van der Waals surface area contributed by atoms with Crippen LogP contribution in [0, 0.1) is 0 Å². The van der Waals surface area contributed by atoms with Crippen LogP contribution < -0.4 is 0 Å². The summed E-state index contributed by atoms with van der Waals surface area (Å²) < 4.78 is 5.56. The van der Waals surface area contributed by atoms with Gasteiger partial charge in [-0.1, -0.05) is 0 Å². The summed E-state index contributed by atoms with van der Waals surface area (Å²) in [5.41, 5.74) is 0.689. The highest BCUT2D eigenvalue weighted by Gasteiger charge is 2.40. The van der Waals surface area contributed by atoms with Crippen molar-refractivity contribution in [1.29, 1.82) is 0 Å². The maximum absolute atomic E-state index is 10.7. The number of rotatable bonds is 2. The Hall–Kier alpha value is -0.870. The van der Waals surface area contributed by atoms with Crippen molar-refractivity contribution in [2.75, 3.05) is 0 Å². The van der Waals surface area contributed by atoms with Crippen molar-refractivity contribution in [1.82, 2.24) is 0 Å². The molecule has 0 bridgehead atoms. The Kier molecular flexibility index (Phi) is 2.33. The Balaban J connectivity index is 2.17. The SMILES string of the molecule is CC1(c2ccsc2)CCC(C(=O)O)O1. The minimum Gasteiger partial charge on any atom is -0.479 e. The lowest BCUT2D eigenvalue weighted by Crippen LogP contribution is -2.25. The van der Waals surface area contributed by atoms with E-state index in [0.29, 0.717) is 6.42 Å².